The zero-order valence-corrected chi connectivity index (χ0v) is 20.5. The topological polar surface area (TPSA) is 6.48 Å². The van der Waals surface area contributed by atoms with E-state index >= 15 is 0 Å². The fourth-order valence-electron chi connectivity index (χ4n) is 2.17. The maximum atomic E-state index is 5.66. The number of hydrogen-bond donors (Lipinski definition) is 0. The van der Waals surface area contributed by atoms with Crippen molar-refractivity contribution < 1.29 is 0 Å². The SMILES string of the molecule is CCCCN(CCCC)C(=S)SSSC(=S)N(CCCC)CCCC. The van der Waals surface area contributed by atoms with Gasteiger partial charge in [-0.25, -0.2) is 0 Å². The minimum Gasteiger partial charge on any atom is -0.357 e. The molecule has 0 fully saturated rings. The van der Waals surface area contributed by atoms with Gasteiger partial charge in [-0.1, -0.05) is 77.8 Å². The molecule has 0 aliphatic rings. The van der Waals surface area contributed by atoms with Crippen LogP contribution in [0.4, 0.5) is 0 Å². The van der Waals surface area contributed by atoms with E-state index in [9.17, 15) is 0 Å². The molecule has 0 aromatic rings. The van der Waals surface area contributed by atoms with E-state index < -0.39 is 0 Å². The van der Waals surface area contributed by atoms with Gasteiger partial charge in [0.15, 0.2) is 0 Å². The lowest BCUT2D eigenvalue weighted by atomic mass is 10.3. The molecule has 0 rings (SSSR count). The maximum Gasteiger partial charge on any atom is 0.147 e. The Morgan fingerprint density at radius 2 is 0.880 bits per heavy atom. The van der Waals surface area contributed by atoms with Crippen LogP contribution < -0.4 is 0 Å². The molecule has 0 aromatic heterocycles. The Morgan fingerprint density at radius 3 is 1.12 bits per heavy atom. The molecule has 0 radical (unpaired) electrons. The summed E-state index contributed by atoms with van der Waals surface area (Å²) in [6.45, 7) is 13.3. The molecule has 0 N–H and O–H groups in total. The summed E-state index contributed by atoms with van der Waals surface area (Å²) in [6, 6.07) is 0. The zero-order valence-electron chi connectivity index (χ0n) is 16.4. The van der Waals surface area contributed by atoms with E-state index in [4.69, 9.17) is 24.4 Å². The minimum absolute atomic E-state index is 1.01. The third-order valence-corrected chi connectivity index (χ3v) is 9.02. The van der Waals surface area contributed by atoms with Crippen LogP contribution in [0.2, 0.25) is 0 Å². The van der Waals surface area contributed by atoms with E-state index in [1.807, 2.05) is 0 Å². The minimum atomic E-state index is 1.01. The van der Waals surface area contributed by atoms with Crippen molar-refractivity contribution in [1.82, 2.24) is 9.80 Å². The van der Waals surface area contributed by atoms with Gasteiger partial charge in [0.2, 0.25) is 0 Å². The average molecular weight is 441 g/mol. The summed E-state index contributed by atoms with van der Waals surface area (Å²) >= 11 is 11.3. The second-order valence-corrected chi connectivity index (χ2v) is 11.3. The van der Waals surface area contributed by atoms with Crippen LogP contribution in [0, 0.1) is 0 Å². The Morgan fingerprint density at radius 1 is 0.600 bits per heavy atom. The van der Waals surface area contributed by atoms with E-state index in [0.29, 0.717) is 0 Å². The maximum absolute atomic E-state index is 5.66. The molecular formula is C18H36N2S5. The van der Waals surface area contributed by atoms with Crippen LogP contribution in [-0.2, 0) is 0 Å². The van der Waals surface area contributed by atoms with Crippen molar-refractivity contribution in [3.05, 3.63) is 0 Å². The van der Waals surface area contributed by atoms with Crippen LogP contribution in [-0.4, -0.2) is 44.6 Å². The van der Waals surface area contributed by atoms with Crippen molar-refractivity contribution >= 4 is 64.5 Å². The van der Waals surface area contributed by atoms with Crippen molar-refractivity contribution in [2.24, 2.45) is 0 Å². The molecular weight excluding hydrogens is 405 g/mol. The van der Waals surface area contributed by atoms with Gasteiger partial charge in [0.05, 0.1) is 0 Å². The summed E-state index contributed by atoms with van der Waals surface area (Å²) in [5.41, 5.74) is 0. The van der Waals surface area contributed by atoms with Crippen LogP contribution in [0.1, 0.15) is 79.1 Å². The van der Waals surface area contributed by atoms with Gasteiger partial charge in [0.1, 0.15) is 8.64 Å². The first-order chi connectivity index (χ1) is 12.1. The molecule has 0 heterocycles. The van der Waals surface area contributed by atoms with Gasteiger partial charge in [0, 0.05) is 26.2 Å². The fourth-order valence-corrected chi connectivity index (χ4v) is 7.19. The molecule has 0 amide bonds. The molecule has 0 atom stereocenters. The van der Waals surface area contributed by atoms with E-state index in [1.165, 1.54) is 51.4 Å². The molecule has 2 nitrogen and oxygen atoms in total. The monoisotopic (exact) mass is 440 g/mol. The van der Waals surface area contributed by atoms with Gasteiger partial charge in [-0.2, -0.15) is 0 Å². The number of unbranched alkanes of at least 4 members (excludes halogenated alkanes) is 4. The van der Waals surface area contributed by atoms with E-state index in [2.05, 4.69) is 37.5 Å². The third kappa shape index (κ3) is 13.6. The van der Waals surface area contributed by atoms with E-state index in [0.717, 1.165) is 34.8 Å². The largest absolute Gasteiger partial charge is 0.357 e. The highest BCUT2D eigenvalue weighted by atomic mass is 33.5. The van der Waals surface area contributed by atoms with Crippen LogP contribution in [0.25, 0.3) is 0 Å². The Bertz CT molecular complexity index is 304. The summed E-state index contributed by atoms with van der Waals surface area (Å²) < 4.78 is 2.02. The van der Waals surface area contributed by atoms with Gasteiger partial charge in [0.25, 0.3) is 0 Å². The highest BCUT2D eigenvalue weighted by Gasteiger charge is 2.13. The first-order valence-corrected chi connectivity index (χ1v) is 14.0. The number of rotatable bonds is 14. The first kappa shape index (κ1) is 25.8. The lowest BCUT2D eigenvalue weighted by molar-refractivity contribution is 0.411. The molecule has 0 saturated heterocycles. The molecule has 0 bridgehead atoms. The Labute approximate surface area is 178 Å². The second kappa shape index (κ2) is 18.2. The Balaban J connectivity index is 4.31. The molecule has 0 unspecified atom stereocenters. The van der Waals surface area contributed by atoms with Gasteiger partial charge in [-0.15, -0.1) is 0 Å². The van der Waals surface area contributed by atoms with Crippen molar-refractivity contribution in [3.63, 3.8) is 0 Å². The normalized spacial score (nSPS) is 10.7. The van der Waals surface area contributed by atoms with E-state index in [-0.39, 0.29) is 0 Å². The van der Waals surface area contributed by atoms with Crippen LogP contribution in [0.15, 0.2) is 0 Å². The van der Waals surface area contributed by atoms with Crippen LogP contribution >= 0.6 is 55.8 Å². The van der Waals surface area contributed by atoms with Crippen molar-refractivity contribution in [2.75, 3.05) is 26.2 Å². The fraction of sp³-hybridized carbons (Fsp3) is 0.889. The predicted octanol–water partition coefficient (Wildman–Crippen LogP) is 7.39. The number of nitrogens with zero attached hydrogens (tertiary/aromatic N) is 2. The first-order valence-electron chi connectivity index (χ1n) is 9.69. The van der Waals surface area contributed by atoms with Gasteiger partial charge < -0.3 is 9.80 Å². The molecule has 7 heteroatoms. The smallest absolute Gasteiger partial charge is 0.147 e. The molecule has 0 aliphatic heterocycles. The highest BCUT2D eigenvalue weighted by Crippen LogP contribution is 2.38. The van der Waals surface area contributed by atoms with Gasteiger partial charge >= 0.3 is 0 Å². The molecule has 0 aliphatic carbocycles. The quantitative estimate of drug-likeness (QED) is 0.202. The van der Waals surface area contributed by atoms with Gasteiger partial charge in [-0.05, 0) is 57.1 Å². The van der Waals surface area contributed by atoms with Crippen molar-refractivity contribution in [3.8, 4) is 0 Å². The standard InChI is InChI=1S/C18H36N2S5/c1-5-9-13-19(14-10-6-2)17(21)23-25-24-18(22)20(15-11-7-3)16-12-8-4/h5-16H2,1-4H3. The molecule has 25 heavy (non-hydrogen) atoms. The molecule has 0 aromatic carbocycles. The highest BCUT2D eigenvalue weighted by molar-refractivity contribution is 9.15. The predicted molar refractivity (Wildman–Crippen MR) is 131 cm³/mol. The molecule has 148 valence electrons. The lowest BCUT2D eigenvalue weighted by Gasteiger charge is -2.25. The number of hydrogen-bond acceptors (Lipinski definition) is 5. The lowest BCUT2D eigenvalue weighted by Crippen LogP contribution is -2.29. The Hall–Kier alpha value is 0.830. The second-order valence-electron chi connectivity index (χ2n) is 6.15. The summed E-state index contributed by atoms with van der Waals surface area (Å²) in [4.78, 5) is 4.74. The Kier molecular flexibility index (Phi) is 18.8. The van der Waals surface area contributed by atoms with Crippen LogP contribution in [0.5, 0.6) is 0 Å². The van der Waals surface area contributed by atoms with Crippen LogP contribution in [0.3, 0.4) is 0 Å². The summed E-state index contributed by atoms with van der Waals surface area (Å²) in [5.74, 6) is 0. The summed E-state index contributed by atoms with van der Waals surface area (Å²) in [6.07, 6.45) is 9.70. The van der Waals surface area contributed by atoms with Gasteiger partial charge in [-0.3, -0.25) is 0 Å². The van der Waals surface area contributed by atoms with Crippen molar-refractivity contribution in [1.29, 1.82) is 0 Å². The van der Waals surface area contributed by atoms with E-state index in [1.54, 1.807) is 31.4 Å². The third-order valence-electron chi connectivity index (χ3n) is 3.85. The number of thiocarbonyl (C=S) groups is 2. The van der Waals surface area contributed by atoms with Crippen molar-refractivity contribution in [2.45, 2.75) is 79.1 Å². The zero-order chi connectivity index (χ0) is 18.9. The molecule has 0 spiro atoms. The summed E-state index contributed by atoms with van der Waals surface area (Å²) in [5, 5.41) is 0. The molecule has 0 saturated carbocycles. The average Bonchev–Trinajstić information content (AvgIpc) is 2.61. The summed E-state index contributed by atoms with van der Waals surface area (Å²) in [7, 11) is 5.13.